The molecule has 1 atom stereocenters. The molecule has 0 saturated carbocycles. The fraction of sp³-hybridized carbons (Fsp3) is 0.333. The summed E-state index contributed by atoms with van der Waals surface area (Å²) in [6.07, 6.45) is 0.462. The van der Waals surface area contributed by atoms with Crippen LogP contribution >= 0.6 is 57.6 Å². The zero-order valence-corrected chi connectivity index (χ0v) is 12.9. The van der Waals surface area contributed by atoms with Crippen LogP contribution in [0.1, 0.15) is 18.0 Å². The molecule has 0 amide bonds. The van der Waals surface area contributed by atoms with Gasteiger partial charge in [-0.2, -0.15) is 0 Å². The molecule has 86 valence electrons. The summed E-state index contributed by atoms with van der Waals surface area (Å²) in [5.74, 6) is 0.229. The van der Waals surface area contributed by atoms with Crippen molar-refractivity contribution in [2.75, 3.05) is 6.61 Å². The Balaban J connectivity index is 0.00000196. The van der Waals surface area contributed by atoms with E-state index in [1.165, 1.54) is 0 Å². The van der Waals surface area contributed by atoms with Gasteiger partial charge in [-0.1, -0.05) is 0 Å². The first-order valence-corrected chi connectivity index (χ1v) is 6.26. The number of aliphatic hydroxyl groups excluding tert-OH is 1. The highest BCUT2D eigenvalue weighted by Gasteiger charge is 2.13. The summed E-state index contributed by atoms with van der Waals surface area (Å²) in [5.41, 5.74) is 6.52. The van der Waals surface area contributed by atoms with Gasteiger partial charge in [-0.25, -0.2) is 0 Å². The molecule has 0 bridgehead atoms. The van der Waals surface area contributed by atoms with Gasteiger partial charge in [0, 0.05) is 21.8 Å². The molecule has 6 heteroatoms. The highest BCUT2D eigenvalue weighted by atomic mass is 127. The van der Waals surface area contributed by atoms with Crippen LogP contribution in [0, 0.1) is 7.14 Å². The van der Waals surface area contributed by atoms with Crippen molar-refractivity contribution in [2.45, 2.75) is 12.5 Å². The smallest absolute Gasteiger partial charge is 0.133 e. The molecular formula is C9H12ClI2NO2. The summed E-state index contributed by atoms with van der Waals surface area (Å²) >= 11 is 4.24. The van der Waals surface area contributed by atoms with Crippen molar-refractivity contribution in [3.05, 3.63) is 24.8 Å². The minimum Gasteiger partial charge on any atom is -0.506 e. The van der Waals surface area contributed by atoms with Crippen LogP contribution in [0.5, 0.6) is 5.75 Å². The fourth-order valence-electron chi connectivity index (χ4n) is 1.16. The van der Waals surface area contributed by atoms with Gasteiger partial charge in [0.25, 0.3) is 0 Å². The maximum Gasteiger partial charge on any atom is 0.133 e. The topological polar surface area (TPSA) is 66.5 Å². The second kappa shape index (κ2) is 7.10. The lowest BCUT2D eigenvalue weighted by atomic mass is 10.0. The van der Waals surface area contributed by atoms with E-state index in [-0.39, 0.29) is 30.8 Å². The second-order valence-electron chi connectivity index (χ2n) is 2.94. The fourth-order valence-corrected chi connectivity index (χ4v) is 3.05. The third-order valence-corrected chi connectivity index (χ3v) is 3.34. The Morgan fingerprint density at radius 2 is 1.93 bits per heavy atom. The van der Waals surface area contributed by atoms with Crippen molar-refractivity contribution in [3.8, 4) is 5.75 Å². The molecule has 0 heterocycles. The van der Waals surface area contributed by atoms with E-state index in [1.54, 1.807) is 0 Å². The summed E-state index contributed by atoms with van der Waals surface area (Å²) in [5, 5.41) is 18.5. The number of rotatable bonds is 3. The van der Waals surface area contributed by atoms with Gasteiger partial charge in [0.1, 0.15) is 5.75 Å². The van der Waals surface area contributed by atoms with E-state index in [2.05, 4.69) is 45.2 Å². The Hall–Kier alpha value is 0.690. The predicted molar refractivity (Wildman–Crippen MR) is 79.4 cm³/mol. The van der Waals surface area contributed by atoms with Crippen molar-refractivity contribution in [1.29, 1.82) is 0 Å². The molecule has 3 nitrogen and oxygen atoms in total. The molecule has 0 radical (unpaired) electrons. The van der Waals surface area contributed by atoms with Crippen molar-refractivity contribution in [3.63, 3.8) is 0 Å². The van der Waals surface area contributed by atoms with Crippen LogP contribution in [-0.2, 0) is 0 Å². The number of nitrogens with two attached hydrogens (primary N) is 1. The van der Waals surface area contributed by atoms with E-state index < -0.39 is 0 Å². The lowest BCUT2D eigenvalue weighted by Gasteiger charge is -2.13. The molecule has 15 heavy (non-hydrogen) atoms. The predicted octanol–water partition coefficient (Wildman–Crippen LogP) is 2.41. The lowest BCUT2D eigenvalue weighted by molar-refractivity contribution is 0.275. The number of halogens is 3. The van der Waals surface area contributed by atoms with E-state index >= 15 is 0 Å². The Morgan fingerprint density at radius 3 is 2.47 bits per heavy atom. The molecule has 0 fully saturated rings. The van der Waals surface area contributed by atoms with Gasteiger partial charge in [-0.05, 0) is 63.7 Å². The molecular weight excluding hydrogens is 443 g/mol. The summed E-state index contributed by atoms with van der Waals surface area (Å²) < 4.78 is 1.83. The SMILES string of the molecule is Cl.N[C@H](CCO)c1cc(I)cc(I)c1O. The van der Waals surface area contributed by atoms with E-state index in [0.29, 0.717) is 12.0 Å². The zero-order valence-electron chi connectivity index (χ0n) is 7.78. The standard InChI is InChI=1S/C9H11I2NO2.ClH/c10-5-3-6(8(12)1-2-13)9(14)7(11)4-5;/h3-4,8,13-14H,1-2,12H2;1H/t8-;/m1./s1. The Labute approximate surface area is 122 Å². The van der Waals surface area contributed by atoms with Crippen LogP contribution in [0.4, 0.5) is 0 Å². The molecule has 4 N–H and O–H groups in total. The molecule has 0 aromatic heterocycles. The van der Waals surface area contributed by atoms with Crippen LogP contribution in [0.3, 0.4) is 0 Å². The number of phenolic OH excluding ortho intramolecular Hbond substituents is 1. The largest absolute Gasteiger partial charge is 0.506 e. The van der Waals surface area contributed by atoms with E-state index in [1.807, 2.05) is 12.1 Å². The lowest BCUT2D eigenvalue weighted by Crippen LogP contribution is -2.12. The molecule has 1 aromatic carbocycles. The molecule has 0 unspecified atom stereocenters. The zero-order chi connectivity index (χ0) is 10.7. The average molecular weight is 455 g/mol. The van der Waals surface area contributed by atoms with Crippen LogP contribution in [0.2, 0.25) is 0 Å². The Kier molecular flexibility index (Phi) is 7.43. The van der Waals surface area contributed by atoms with E-state index in [4.69, 9.17) is 10.8 Å². The van der Waals surface area contributed by atoms with Crippen LogP contribution in [-0.4, -0.2) is 16.8 Å². The number of hydrogen-bond acceptors (Lipinski definition) is 3. The monoisotopic (exact) mass is 455 g/mol. The highest BCUT2D eigenvalue weighted by Crippen LogP contribution is 2.31. The summed E-state index contributed by atoms with van der Waals surface area (Å²) in [6.45, 7) is 0.0304. The molecule has 0 spiro atoms. The van der Waals surface area contributed by atoms with Crippen molar-refractivity contribution in [1.82, 2.24) is 0 Å². The maximum atomic E-state index is 9.75. The third-order valence-electron chi connectivity index (χ3n) is 1.90. The summed E-state index contributed by atoms with van der Waals surface area (Å²) in [7, 11) is 0. The van der Waals surface area contributed by atoms with Gasteiger partial charge in [0.2, 0.25) is 0 Å². The van der Waals surface area contributed by atoms with Gasteiger partial charge >= 0.3 is 0 Å². The summed E-state index contributed by atoms with van der Waals surface area (Å²) in [4.78, 5) is 0. The molecule has 1 rings (SSSR count). The normalized spacial score (nSPS) is 12.0. The van der Waals surface area contributed by atoms with E-state index in [9.17, 15) is 5.11 Å². The van der Waals surface area contributed by atoms with Gasteiger partial charge in [0.15, 0.2) is 0 Å². The number of benzene rings is 1. The number of hydrogen-bond donors (Lipinski definition) is 3. The van der Waals surface area contributed by atoms with Crippen molar-refractivity contribution >= 4 is 57.6 Å². The van der Waals surface area contributed by atoms with E-state index in [0.717, 1.165) is 7.14 Å². The van der Waals surface area contributed by atoms with Gasteiger partial charge < -0.3 is 15.9 Å². The highest BCUT2D eigenvalue weighted by molar-refractivity contribution is 14.1. The molecule has 0 aliphatic rings. The van der Waals surface area contributed by atoms with Crippen molar-refractivity contribution in [2.24, 2.45) is 5.73 Å². The van der Waals surface area contributed by atoms with Gasteiger partial charge in [-0.3, -0.25) is 0 Å². The maximum absolute atomic E-state index is 9.75. The van der Waals surface area contributed by atoms with Crippen LogP contribution in [0.25, 0.3) is 0 Å². The first-order valence-electron chi connectivity index (χ1n) is 4.10. The molecule has 0 aliphatic carbocycles. The minimum absolute atomic E-state index is 0. The van der Waals surface area contributed by atoms with Crippen molar-refractivity contribution < 1.29 is 10.2 Å². The average Bonchev–Trinajstić information content (AvgIpc) is 2.11. The molecule has 0 saturated heterocycles. The second-order valence-corrected chi connectivity index (χ2v) is 5.35. The molecule has 1 aromatic rings. The number of aromatic hydroxyl groups is 1. The number of aliphatic hydroxyl groups is 1. The Bertz CT molecular complexity index is 336. The molecule has 0 aliphatic heterocycles. The number of phenols is 1. The first kappa shape index (κ1) is 15.7. The quantitative estimate of drug-likeness (QED) is 0.614. The summed E-state index contributed by atoms with van der Waals surface area (Å²) in [6, 6.07) is 3.42. The third kappa shape index (κ3) is 4.22. The minimum atomic E-state index is -0.303. The first-order chi connectivity index (χ1) is 6.56. The van der Waals surface area contributed by atoms with Crippen LogP contribution < -0.4 is 5.73 Å². The van der Waals surface area contributed by atoms with Crippen LogP contribution in [0.15, 0.2) is 12.1 Å². The van der Waals surface area contributed by atoms with Gasteiger partial charge in [-0.15, -0.1) is 12.4 Å². The Morgan fingerprint density at radius 1 is 1.33 bits per heavy atom. The van der Waals surface area contributed by atoms with Gasteiger partial charge in [0.05, 0.1) is 3.57 Å².